The average Bonchev–Trinajstić information content (AvgIpc) is 2.14. The van der Waals surface area contributed by atoms with Crippen LogP contribution in [0.4, 0.5) is 0 Å². The fourth-order valence-corrected chi connectivity index (χ4v) is 0.793. The molecule has 0 spiro atoms. The summed E-state index contributed by atoms with van der Waals surface area (Å²) in [5, 5.41) is 0. The Kier molecular flexibility index (Phi) is 4.02. The van der Waals surface area contributed by atoms with Crippen molar-refractivity contribution in [2.45, 2.75) is 6.42 Å². The molecule has 0 amide bonds. The second-order valence-corrected chi connectivity index (χ2v) is 2.43. The lowest BCUT2D eigenvalue weighted by atomic mass is 10.4. The van der Waals surface area contributed by atoms with Gasteiger partial charge in [-0.1, -0.05) is 6.07 Å². The molecule has 0 saturated heterocycles. The summed E-state index contributed by atoms with van der Waals surface area (Å²) in [6.45, 7) is 1.48. The highest BCUT2D eigenvalue weighted by atomic mass is 14.7. The Morgan fingerprint density at radius 2 is 2.42 bits per heavy atom. The molecule has 3 heteroatoms. The number of nitrogens with two attached hydrogens (primary N) is 1. The number of aliphatic imine (C=N–C) groups is 1. The van der Waals surface area contributed by atoms with E-state index in [1.165, 1.54) is 0 Å². The zero-order chi connectivity index (χ0) is 8.65. The molecule has 1 heterocycles. The zero-order valence-corrected chi connectivity index (χ0v) is 6.98. The highest BCUT2D eigenvalue weighted by Crippen LogP contribution is 1.88. The first-order valence-corrected chi connectivity index (χ1v) is 4.04. The summed E-state index contributed by atoms with van der Waals surface area (Å²) < 4.78 is 0. The minimum absolute atomic E-state index is 0.694. The summed E-state index contributed by atoms with van der Waals surface area (Å²) in [4.78, 5) is 8.26. The van der Waals surface area contributed by atoms with Crippen LogP contribution in [0.2, 0.25) is 0 Å². The van der Waals surface area contributed by atoms with Crippen molar-refractivity contribution in [1.29, 1.82) is 0 Å². The predicted molar refractivity (Wildman–Crippen MR) is 50.4 cm³/mol. The summed E-state index contributed by atoms with van der Waals surface area (Å²) >= 11 is 0. The number of nitrogens with zero attached hydrogens (tertiary/aromatic N) is 2. The molecular weight excluding hydrogens is 150 g/mol. The molecule has 1 aromatic heterocycles. The number of rotatable bonds is 4. The van der Waals surface area contributed by atoms with Gasteiger partial charge in [-0.05, 0) is 25.1 Å². The summed E-state index contributed by atoms with van der Waals surface area (Å²) in [5.74, 6) is 0. The lowest BCUT2D eigenvalue weighted by Gasteiger charge is -1.90. The van der Waals surface area contributed by atoms with E-state index in [1.807, 2.05) is 18.2 Å². The fourth-order valence-electron chi connectivity index (χ4n) is 0.793. The highest BCUT2D eigenvalue weighted by molar-refractivity contribution is 5.76. The topological polar surface area (TPSA) is 51.3 Å². The van der Waals surface area contributed by atoms with E-state index in [-0.39, 0.29) is 0 Å². The molecular formula is C9H13N3. The third-order valence-electron chi connectivity index (χ3n) is 1.40. The van der Waals surface area contributed by atoms with Crippen LogP contribution in [0.1, 0.15) is 12.1 Å². The van der Waals surface area contributed by atoms with Gasteiger partial charge in [0.2, 0.25) is 0 Å². The van der Waals surface area contributed by atoms with Gasteiger partial charge in [0.05, 0.1) is 5.69 Å². The van der Waals surface area contributed by atoms with Crippen molar-refractivity contribution in [1.82, 2.24) is 4.98 Å². The molecule has 0 fully saturated rings. The highest BCUT2D eigenvalue weighted by Gasteiger charge is 1.84. The van der Waals surface area contributed by atoms with E-state index in [1.54, 1.807) is 12.4 Å². The van der Waals surface area contributed by atoms with Crippen LogP contribution < -0.4 is 5.73 Å². The molecule has 64 valence electrons. The predicted octanol–water partition coefficient (Wildman–Crippen LogP) is 0.849. The molecule has 0 aromatic carbocycles. The lowest BCUT2D eigenvalue weighted by Crippen LogP contribution is -2.00. The minimum Gasteiger partial charge on any atom is -0.330 e. The molecule has 3 nitrogen and oxygen atoms in total. The van der Waals surface area contributed by atoms with Crippen LogP contribution in [-0.2, 0) is 0 Å². The Morgan fingerprint density at radius 1 is 1.50 bits per heavy atom. The van der Waals surface area contributed by atoms with Gasteiger partial charge >= 0.3 is 0 Å². The maximum absolute atomic E-state index is 5.32. The third kappa shape index (κ3) is 3.25. The van der Waals surface area contributed by atoms with Gasteiger partial charge in [0.25, 0.3) is 0 Å². The Balaban J connectivity index is 2.36. The molecule has 0 atom stereocenters. The number of pyridine rings is 1. The Labute approximate surface area is 72.3 Å². The van der Waals surface area contributed by atoms with Crippen molar-refractivity contribution < 1.29 is 0 Å². The molecule has 0 aliphatic rings. The van der Waals surface area contributed by atoms with Crippen LogP contribution in [0.25, 0.3) is 0 Å². The molecule has 0 radical (unpaired) electrons. The van der Waals surface area contributed by atoms with Crippen LogP contribution in [0.15, 0.2) is 29.4 Å². The van der Waals surface area contributed by atoms with E-state index in [2.05, 4.69) is 9.98 Å². The maximum atomic E-state index is 5.32. The van der Waals surface area contributed by atoms with E-state index >= 15 is 0 Å². The normalized spacial score (nSPS) is 10.8. The number of hydrogen-bond acceptors (Lipinski definition) is 3. The van der Waals surface area contributed by atoms with Gasteiger partial charge in [-0.25, -0.2) is 0 Å². The van der Waals surface area contributed by atoms with Crippen LogP contribution in [0.3, 0.4) is 0 Å². The first-order chi connectivity index (χ1) is 5.93. The Hall–Kier alpha value is -1.22. The monoisotopic (exact) mass is 163 g/mol. The van der Waals surface area contributed by atoms with Gasteiger partial charge in [-0.2, -0.15) is 0 Å². The van der Waals surface area contributed by atoms with Gasteiger partial charge < -0.3 is 5.73 Å². The number of aromatic nitrogens is 1. The molecule has 0 bridgehead atoms. The van der Waals surface area contributed by atoms with E-state index in [0.717, 1.165) is 18.7 Å². The maximum Gasteiger partial charge on any atom is 0.0807 e. The second kappa shape index (κ2) is 5.43. The van der Waals surface area contributed by atoms with Crippen molar-refractivity contribution in [3.63, 3.8) is 0 Å². The third-order valence-corrected chi connectivity index (χ3v) is 1.40. The summed E-state index contributed by atoms with van der Waals surface area (Å²) in [5.41, 5.74) is 6.22. The van der Waals surface area contributed by atoms with Crippen molar-refractivity contribution >= 4 is 6.21 Å². The minimum atomic E-state index is 0.694. The first-order valence-electron chi connectivity index (χ1n) is 4.04. The second-order valence-electron chi connectivity index (χ2n) is 2.43. The molecule has 12 heavy (non-hydrogen) atoms. The largest absolute Gasteiger partial charge is 0.330 e. The van der Waals surface area contributed by atoms with Crippen molar-refractivity contribution in [3.05, 3.63) is 30.1 Å². The average molecular weight is 163 g/mol. The van der Waals surface area contributed by atoms with Crippen molar-refractivity contribution in [3.8, 4) is 0 Å². The summed E-state index contributed by atoms with van der Waals surface area (Å²) in [7, 11) is 0. The van der Waals surface area contributed by atoms with E-state index in [0.29, 0.717) is 6.54 Å². The van der Waals surface area contributed by atoms with Gasteiger partial charge in [0.15, 0.2) is 0 Å². The fraction of sp³-hybridized carbons (Fsp3) is 0.333. The van der Waals surface area contributed by atoms with Gasteiger partial charge in [0, 0.05) is 19.0 Å². The van der Waals surface area contributed by atoms with Crippen LogP contribution in [0.5, 0.6) is 0 Å². The molecule has 2 N–H and O–H groups in total. The SMILES string of the molecule is NCCC/N=C/c1ccccn1. The first kappa shape index (κ1) is 8.87. The Bertz CT molecular complexity index is 231. The van der Waals surface area contributed by atoms with E-state index in [9.17, 15) is 0 Å². The Morgan fingerprint density at radius 3 is 3.08 bits per heavy atom. The standard InChI is InChI=1S/C9H13N3/c10-5-3-6-11-8-9-4-1-2-7-12-9/h1-2,4,7-8H,3,5-6,10H2/b11-8+. The zero-order valence-electron chi connectivity index (χ0n) is 6.98. The van der Waals surface area contributed by atoms with Crippen molar-refractivity contribution in [2.75, 3.05) is 13.1 Å². The lowest BCUT2D eigenvalue weighted by molar-refractivity contribution is 0.847. The molecule has 1 rings (SSSR count). The van der Waals surface area contributed by atoms with Crippen LogP contribution in [-0.4, -0.2) is 24.3 Å². The van der Waals surface area contributed by atoms with Gasteiger partial charge in [0.1, 0.15) is 0 Å². The molecule has 0 aliphatic carbocycles. The smallest absolute Gasteiger partial charge is 0.0807 e. The summed E-state index contributed by atoms with van der Waals surface area (Å²) in [6.07, 6.45) is 4.46. The molecule has 0 saturated carbocycles. The van der Waals surface area contributed by atoms with Gasteiger partial charge in [-0.15, -0.1) is 0 Å². The molecule has 0 aliphatic heterocycles. The van der Waals surface area contributed by atoms with Crippen LogP contribution in [0, 0.1) is 0 Å². The summed E-state index contributed by atoms with van der Waals surface area (Å²) in [6, 6.07) is 5.75. The van der Waals surface area contributed by atoms with E-state index < -0.39 is 0 Å². The molecule has 1 aromatic rings. The number of hydrogen-bond donors (Lipinski definition) is 1. The van der Waals surface area contributed by atoms with E-state index in [4.69, 9.17) is 5.73 Å². The van der Waals surface area contributed by atoms with Gasteiger partial charge in [-0.3, -0.25) is 9.98 Å². The van der Waals surface area contributed by atoms with Crippen LogP contribution >= 0.6 is 0 Å². The van der Waals surface area contributed by atoms with Crippen molar-refractivity contribution in [2.24, 2.45) is 10.7 Å². The molecule has 0 unspecified atom stereocenters. The quantitative estimate of drug-likeness (QED) is 0.528.